The minimum absolute atomic E-state index is 0. The van der Waals surface area contributed by atoms with Gasteiger partial charge in [0, 0.05) is 37.3 Å². The van der Waals surface area contributed by atoms with Crippen molar-refractivity contribution in [2.45, 2.75) is 69.2 Å². The number of carbonyl (C=O) groups excluding carboxylic acids is 3. The van der Waals surface area contributed by atoms with Gasteiger partial charge in [0.15, 0.2) is 5.96 Å². The first-order chi connectivity index (χ1) is 22.9. The number of hydrogen-bond donors (Lipinski definition) is 6. The number of benzene rings is 2. The van der Waals surface area contributed by atoms with Crippen molar-refractivity contribution in [3.05, 3.63) is 59.4 Å². The van der Waals surface area contributed by atoms with Crippen LogP contribution >= 0.6 is 0 Å². The number of likely N-dealkylation sites (N-methyl/N-ethyl adjacent to an activating group) is 1. The van der Waals surface area contributed by atoms with Gasteiger partial charge in [-0.15, -0.1) is 0 Å². The van der Waals surface area contributed by atoms with Gasteiger partial charge in [0.05, 0.1) is 17.1 Å². The van der Waals surface area contributed by atoms with Gasteiger partial charge in [-0.2, -0.15) is 11.4 Å². The van der Waals surface area contributed by atoms with Crippen LogP contribution in [0, 0.1) is 0 Å². The average molecular weight is 727 g/mol. The molecule has 2 aromatic rings. The van der Waals surface area contributed by atoms with Crippen molar-refractivity contribution in [1.82, 2.24) is 14.9 Å². The van der Waals surface area contributed by atoms with Gasteiger partial charge in [0.2, 0.25) is 21.8 Å². The number of aliphatic carboxylic acids is 1. The Kier molecular flexibility index (Phi) is 21.2. The Labute approximate surface area is 330 Å². The van der Waals surface area contributed by atoms with E-state index in [0.717, 1.165) is 44.9 Å². The van der Waals surface area contributed by atoms with E-state index in [4.69, 9.17) is 16.6 Å². The van der Waals surface area contributed by atoms with Crippen LogP contribution in [0.15, 0.2) is 58.4 Å². The van der Waals surface area contributed by atoms with Gasteiger partial charge in [-0.05, 0) is 55.6 Å². The summed E-state index contributed by atoms with van der Waals surface area (Å²) in [5.74, 6) is -2.77. The third-order valence-corrected chi connectivity index (χ3v) is 9.09. The summed E-state index contributed by atoms with van der Waals surface area (Å²) in [6.07, 6.45) is 7.35. The summed E-state index contributed by atoms with van der Waals surface area (Å²) in [5.41, 5.74) is 11.6. The number of carboxylic acids is 1. The number of carbonyl (C=O) groups is 4. The number of unbranched alkanes of at least 4 members (excludes halogenated alkanes) is 4. The molecule has 0 aliphatic carbocycles. The van der Waals surface area contributed by atoms with Crippen LogP contribution in [0.2, 0.25) is 0 Å². The number of guanidine groups is 1. The topological polar surface area (TPSA) is 240 Å². The van der Waals surface area contributed by atoms with E-state index >= 15 is 0 Å². The molecule has 3 amide bonds. The smallest absolute Gasteiger partial charge is 0.651 e. The van der Waals surface area contributed by atoms with Crippen molar-refractivity contribution in [2.24, 2.45) is 16.5 Å². The first-order valence-electron chi connectivity index (χ1n) is 15.8. The van der Waals surface area contributed by atoms with Crippen LogP contribution < -0.4 is 78.8 Å². The second-order valence-electron chi connectivity index (χ2n) is 11.0. The van der Waals surface area contributed by atoms with Crippen LogP contribution in [0.5, 0.6) is 0 Å². The number of nitrogens with two attached hydrogens (primary N) is 2. The van der Waals surface area contributed by atoms with E-state index in [1.54, 1.807) is 28.6 Å². The molecule has 2 aromatic carbocycles. The van der Waals surface area contributed by atoms with Crippen molar-refractivity contribution in [1.29, 1.82) is 0 Å². The monoisotopic (exact) mass is 726 g/mol. The average Bonchev–Trinajstić information content (AvgIpc) is 3.60. The number of amides is 3. The first kappa shape index (κ1) is 44.1. The molecule has 1 aliphatic rings. The number of rotatable bonds is 17. The molecule has 0 bridgehead atoms. The van der Waals surface area contributed by atoms with E-state index in [1.807, 2.05) is 6.07 Å². The van der Waals surface area contributed by atoms with Crippen LogP contribution in [0.3, 0.4) is 0 Å². The summed E-state index contributed by atoms with van der Waals surface area (Å²) in [4.78, 5) is 52.1. The van der Waals surface area contributed by atoms with Crippen molar-refractivity contribution < 1.29 is 84.1 Å². The molecule has 1 unspecified atom stereocenters. The predicted octanol–water partition coefficient (Wildman–Crippen LogP) is -0.332. The maximum atomic E-state index is 12.6. The van der Waals surface area contributed by atoms with Gasteiger partial charge in [0.25, 0.3) is 11.9 Å². The molecule has 1 atom stereocenters. The van der Waals surface area contributed by atoms with E-state index in [-0.39, 0.29) is 87.6 Å². The summed E-state index contributed by atoms with van der Waals surface area (Å²) in [6, 6.07) is 11.9. The van der Waals surface area contributed by atoms with Crippen molar-refractivity contribution >= 4 is 51.0 Å². The fourth-order valence-corrected chi connectivity index (χ4v) is 6.17. The predicted molar refractivity (Wildman–Crippen MR) is 184 cm³/mol. The molecular formula is C32H47KN8O7S. The molecule has 8 N–H and O–H groups in total. The van der Waals surface area contributed by atoms with E-state index in [0.29, 0.717) is 30.1 Å². The standard InChI is InChI=1S/C22H34N7O5.C10H13NO2S.K/c1-3-4-5-6-7-8-18(30)28-15-9-14(10-16(11-15)29-22(23)24)20(32)27-13-19(31)26-12-17(25-2)21(33)34;12-14(13,11-8-4-5-9-11)10-6-2-1-3-7-10;/h9-11,17H,3-8,12-13H2,1-2H3,(H,26,31)(H,27,32)(H,28,30)(H,33,34)(H4,23,24,29);1-3,6-7H,4-5,8-9H2;/q-1;;+1. The Hall–Kier alpha value is -2.90. The summed E-state index contributed by atoms with van der Waals surface area (Å²) in [6.45, 7) is 2.86. The minimum Gasteiger partial charge on any atom is -0.651 e. The maximum Gasteiger partial charge on any atom is 1.00 e. The Balaban J connectivity index is 0.000000660. The van der Waals surface area contributed by atoms with E-state index in [2.05, 4.69) is 33.2 Å². The molecule has 1 fully saturated rings. The van der Waals surface area contributed by atoms with Gasteiger partial charge < -0.3 is 37.8 Å². The molecule has 1 saturated heterocycles. The third-order valence-electron chi connectivity index (χ3n) is 7.17. The van der Waals surface area contributed by atoms with Gasteiger partial charge in [-0.25, -0.2) is 13.4 Å². The quantitative estimate of drug-likeness (QED) is 0.0541. The zero-order valence-corrected chi connectivity index (χ0v) is 32.4. The zero-order valence-electron chi connectivity index (χ0n) is 28.5. The molecule has 3 rings (SSSR count). The summed E-state index contributed by atoms with van der Waals surface area (Å²) < 4.78 is 25.5. The molecule has 264 valence electrons. The van der Waals surface area contributed by atoms with E-state index < -0.39 is 33.8 Å². The van der Waals surface area contributed by atoms with Crippen LogP contribution in [0.4, 0.5) is 11.4 Å². The molecule has 0 spiro atoms. The zero-order chi connectivity index (χ0) is 35.5. The molecule has 15 nitrogen and oxygen atoms in total. The van der Waals surface area contributed by atoms with Crippen LogP contribution in [-0.4, -0.2) is 86.7 Å². The number of nitrogens with one attached hydrogen (secondary N) is 3. The minimum atomic E-state index is -3.21. The van der Waals surface area contributed by atoms with Gasteiger partial charge in [0.1, 0.15) is 0 Å². The fraction of sp³-hybridized carbons (Fsp3) is 0.469. The number of sulfonamides is 1. The molecule has 0 saturated carbocycles. The second kappa shape index (κ2) is 23.5. The second-order valence-corrected chi connectivity index (χ2v) is 13.0. The SMILES string of the molecule is CCCCCCCC(=O)Nc1cc(N=C(N)N)cc(C(=O)NCC(=O)NCC([N-]C)C(=O)O)c1.O=S(=O)(c1ccccc1)N1CCCC1.[K+]. The van der Waals surface area contributed by atoms with Gasteiger partial charge >= 0.3 is 51.4 Å². The van der Waals surface area contributed by atoms with Crippen molar-refractivity contribution in [3.8, 4) is 0 Å². The molecule has 1 aliphatic heterocycles. The number of aliphatic imine (C=N–C) groups is 1. The normalized spacial score (nSPS) is 13.1. The first-order valence-corrected chi connectivity index (χ1v) is 17.3. The summed E-state index contributed by atoms with van der Waals surface area (Å²) >= 11 is 0. The molecule has 0 radical (unpaired) electrons. The Morgan fingerprint density at radius 1 is 0.959 bits per heavy atom. The van der Waals surface area contributed by atoms with Crippen LogP contribution in [-0.2, 0) is 24.4 Å². The fourth-order valence-electron chi connectivity index (χ4n) is 4.64. The maximum absolute atomic E-state index is 12.6. The van der Waals surface area contributed by atoms with Gasteiger partial charge in [-0.3, -0.25) is 19.2 Å². The molecule has 0 aromatic heterocycles. The summed E-state index contributed by atoms with van der Waals surface area (Å²) in [7, 11) is -1.87. The number of carboxylic acid groups (broad SMARTS) is 1. The van der Waals surface area contributed by atoms with Crippen molar-refractivity contribution in [3.63, 3.8) is 0 Å². The largest absolute Gasteiger partial charge is 1.00 e. The van der Waals surface area contributed by atoms with E-state index in [9.17, 15) is 27.6 Å². The third kappa shape index (κ3) is 16.6. The molecular weight excluding hydrogens is 680 g/mol. The van der Waals surface area contributed by atoms with Crippen LogP contribution in [0.1, 0.15) is 68.6 Å². The Morgan fingerprint density at radius 3 is 2.20 bits per heavy atom. The van der Waals surface area contributed by atoms with Gasteiger partial charge in [-0.1, -0.05) is 50.8 Å². The Morgan fingerprint density at radius 2 is 1.61 bits per heavy atom. The number of hydrogen-bond acceptors (Lipinski definition) is 7. The van der Waals surface area contributed by atoms with Crippen molar-refractivity contribution in [2.75, 3.05) is 38.5 Å². The molecule has 1 heterocycles. The van der Waals surface area contributed by atoms with Crippen LogP contribution in [0.25, 0.3) is 5.32 Å². The number of nitrogens with zero attached hydrogens (tertiary/aromatic N) is 3. The molecule has 49 heavy (non-hydrogen) atoms. The molecule has 17 heteroatoms. The van der Waals surface area contributed by atoms with E-state index in [1.165, 1.54) is 25.2 Å². The number of anilines is 1. The summed E-state index contributed by atoms with van der Waals surface area (Å²) in [5, 5.41) is 20.1. The Bertz CT molecular complexity index is 1500.